The van der Waals surface area contributed by atoms with Crippen molar-refractivity contribution in [3.63, 3.8) is 0 Å². The van der Waals surface area contributed by atoms with E-state index in [1.54, 1.807) is 6.07 Å². The molecule has 0 amide bonds. The monoisotopic (exact) mass is 410 g/mol. The second-order valence-corrected chi connectivity index (χ2v) is 9.32. The van der Waals surface area contributed by atoms with Crippen LogP contribution in [0.4, 0.5) is 14.7 Å². The molecule has 2 bridgehead atoms. The molecule has 8 heteroatoms. The Hall–Kier alpha value is -2.77. The highest BCUT2D eigenvalue weighted by atomic mass is 19.2. The number of rotatable bonds is 4. The smallest absolute Gasteiger partial charge is 0.242 e. The number of anilines is 1. The maximum Gasteiger partial charge on any atom is 0.242 e. The molecule has 3 aromatic rings. The van der Waals surface area contributed by atoms with Gasteiger partial charge in [0.05, 0.1) is 17.6 Å². The number of hydrogen-bond donors (Lipinski definition) is 1. The first-order valence-corrected chi connectivity index (χ1v) is 10.6. The molecule has 1 N–H and O–H groups in total. The highest BCUT2D eigenvalue weighted by Crippen LogP contribution is 2.66. The summed E-state index contributed by atoms with van der Waals surface area (Å²) in [5.41, 5.74) is 2.06. The van der Waals surface area contributed by atoms with Crippen LogP contribution in [0.1, 0.15) is 61.5 Å². The summed E-state index contributed by atoms with van der Waals surface area (Å²) in [4.78, 5) is 9.18. The van der Waals surface area contributed by atoms with Crippen LogP contribution in [0.2, 0.25) is 0 Å². The van der Waals surface area contributed by atoms with Gasteiger partial charge in [-0.1, -0.05) is 12.5 Å². The standard InChI is InChI=1S/C22H24F2N6/c1-14-9-29(13-25-14)22-10-21(11-22,12-22)27-20-26-19-16(4-2-3-7-30(19)28-20)15-5-6-17(23)18(24)8-15/h5-6,8-9,13,16H,2-4,7,10-12H2,1H3,(H,27,28)/t16-,21?,22?/m1/s1. The van der Waals surface area contributed by atoms with E-state index in [9.17, 15) is 8.78 Å². The largest absolute Gasteiger partial charge is 0.347 e. The van der Waals surface area contributed by atoms with E-state index in [2.05, 4.69) is 21.1 Å². The van der Waals surface area contributed by atoms with Gasteiger partial charge in [0.25, 0.3) is 0 Å². The van der Waals surface area contributed by atoms with Crippen molar-refractivity contribution in [1.29, 1.82) is 0 Å². The van der Waals surface area contributed by atoms with Crippen LogP contribution in [0.5, 0.6) is 0 Å². The van der Waals surface area contributed by atoms with Gasteiger partial charge in [0, 0.05) is 24.2 Å². The summed E-state index contributed by atoms with van der Waals surface area (Å²) < 4.78 is 31.4. The molecule has 0 unspecified atom stereocenters. The van der Waals surface area contributed by atoms with Crippen molar-refractivity contribution in [1.82, 2.24) is 24.3 Å². The molecule has 156 valence electrons. The molecule has 0 radical (unpaired) electrons. The molecule has 3 aliphatic carbocycles. The summed E-state index contributed by atoms with van der Waals surface area (Å²) in [5, 5.41) is 8.31. The zero-order valence-electron chi connectivity index (χ0n) is 16.9. The van der Waals surface area contributed by atoms with Gasteiger partial charge in [-0.25, -0.2) is 18.4 Å². The Balaban J connectivity index is 1.23. The molecule has 7 rings (SSSR count). The molecule has 3 saturated carbocycles. The van der Waals surface area contributed by atoms with Gasteiger partial charge in [-0.2, -0.15) is 4.98 Å². The fourth-order valence-electron chi connectivity index (χ4n) is 5.67. The molecule has 4 aliphatic rings. The minimum atomic E-state index is -0.818. The second-order valence-electron chi connectivity index (χ2n) is 9.32. The van der Waals surface area contributed by atoms with Crippen molar-refractivity contribution < 1.29 is 8.78 Å². The first kappa shape index (κ1) is 18.0. The third-order valence-corrected chi connectivity index (χ3v) is 7.11. The van der Waals surface area contributed by atoms with E-state index in [1.165, 1.54) is 12.1 Å². The maximum atomic E-state index is 13.8. The lowest BCUT2D eigenvalue weighted by molar-refractivity contribution is -0.100. The average molecular weight is 410 g/mol. The third kappa shape index (κ3) is 2.62. The Kier molecular flexibility index (Phi) is 3.68. The highest BCUT2D eigenvalue weighted by molar-refractivity contribution is 5.42. The normalized spacial score (nSPS) is 29.5. The lowest BCUT2D eigenvalue weighted by atomic mass is 9.44. The van der Waals surface area contributed by atoms with Crippen molar-refractivity contribution in [2.24, 2.45) is 0 Å². The van der Waals surface area contributed by atoms with E-state index < -0.39 is 11.6 Å². The van der Waals surface area contributed by atoms with E-state index in [4.69, 9.17) is 10.1 Å². The zero-order chi connectivity index (χ0) is 20.5. The molecule has 2 aromatic heterocycles. The van der Waals surface area contributed by atoms with E-state index in [1.807, 2.05) is 17.9 Å². The number of aromatic nitrogens is 5. The van der Waals surface area contributed by atoms with Crippen LogP contribution in [-0.2, 0) is 12.1 Å². The number of benzene rings is 1. The third-order valence-electron chi connectivity index (χ3n) is 7.11. The van der Waals surface area contributed by atoms with Gasteiger partial charge in [0.2, 0.25) is 5.95 Å². The number of fused-ring (bicyclic) bond motifs is 1. The predicted octanol–water partition coefficient (Wildman–Crippen LogP) is 4.12. The van der Waals surface area contributed by atoms with Crippen LogP contribution in [0.3, 0.4) is 0 Å². The van der Waals surface area contributed by atoms with Crippen LogP contribution in [-0.4, -0.2) is 29.9 Å². The fraction of sp³-hybridized carbons (Fsp3) is 0.500. The van der Waals surface area contributed by atoms with Crippen LogP contribution >= 0.6 is 0 Å². The number of nitrogens with one attached hydrogen (secondary N) is 1. The number of nitrogens with zero attached hydrogens (tertiary/aromatic N) is 5. The summed E-state index contributed by atoms with van der Waals surface area (Å²) in [6.07, 6.45) is 10.1. The Labute approximate surface area is 173 Å². The average Bonchev–Trinajstić information content (AvgIpc) is 3.21. The lowest BCUT2D eigenvalue weighted by Gasteiger charge is -2.70. The fourth-order valence-corrected chi connectivity index (χ4v) is 5.67. The number of imidazole rings is 1. The molecule has 3 heterocycles. The van der Waals surface area contributed by atoms with Gasteiger partial charge in [0.15, 0.2) is 11.6 Å². The van der Waals surface area contributed by atoms with Crippen LogP contribution in [0, 0.1) is 18.6 Å². The summed E-state index contributed by atoms with van der Waals surface area (Å²) in [6.45, 7) is 2.82. The van der Waals surface area contributed by atoms with Crippen molar-refractivity contribution in [2.75, 3.05) is 5.32 Å². The predicted molar refractivity (Wildman–Crippen MR) is 107 cm³/mol. The minimum Gasteiger partial charge on any atom is -0.347 e. The van der Waals surface area contributed by atoms with Crippen molar-refractivity contribution >= 4 is 5.95 Å². The first-order valence-electron chi connectivity index (χ1n) is 10.6. The molecule has 0 saturated heterocycles. The second kappa shape index (κ2) is 6.12. The van der Waals surface area contributed by atoms with Gasteiger partial charge in [0.1, 0.15) is 5.82 Å². The maximum absolute atomic E-state index is 13.8. The number of hydrogen-bond acceptors (Lipinski definition) is 4. The molecule has 0 spiro atoms. The molecular weight excluding hydrogens is 386 g/mol. The zero-order valence-corrected chi connectivity index (χ0v) is 16.9. The molecule has 1 atom stereocenters. The SMILES string of the molecule is Cc1cn(C23CC(Nc4nc5n(n4)CCCC[C@@H]5c4ccc(F)c(F)c4)(C2)C3)cn1. The quantitative estimate of drug-likeness (QED) is 0.703. The molecule has 1 aliphatic heterocycles. The minimum absolute atomic E-state index is 0.0588. The molecular formula is C22H24F2N6. The summed E-state index contributed by atoms with van der Waals surface area (Å²) in [7, 11) is 0. The number of halogens is 2. The summed E-state index contributed by atoms with van der Waals surface area (Å²) >= 11 is 0. The topological polar surface area (TPSA) is 60.6 Å². The lowest BCUT2D eigenvalue weighted by Crippen LogP contribution is -2.75. The Morgan fingerprint density at radius 3 is 2.70 bits per heavy atom. The number of aryl methyl sites for hydroxylation is 2. The van der Waals surface area contributed by atoms with Crippen molar-refractivity contribution in [2.45, 2.75) is 69.0 Å². The van der Waals surface area contributed by atoms with Crippen molar-refractivity contribution in [3.05, 3.63) is 59.4 Å². The molecule has 6 nitrogen and oxygen atoms in total. The summed E-state index contributed by atoms with van der Waals surface area (Å²) in [5.74, 6) is -0.210. The molecule has 1 aromatic carbocycles. The van der Waals surface area contributed by atoms with Crippen molar-refractivity contribution in [3.8, 4) is 0 Å². The van der Waals surface area contributed by atoms with Gasteiger partial charge in [-0.05, 0) is 56.7 Å². The summed E-state index contributed by atoms with van der Waals surface area (Å²) in [6, 6.07) is 4.17. The Morgan fingerprint density at radius 1 is 1.13 bits per heavy atom. The highest BCUT2D eigenvalue weighted by Gasteiger charge is 2.69. The molecule has 30 heavy (non-hydrogen) atoms. The van der Waals surface area contributed by atoms with E-state index in [0.29, 0.717) is 5.95 Å². The first-order chi connectivity index (χ1) is 14.5. The Morgan fingerprint density at radius 2 is 1.97 bits per heavy atom. The van der Waals surface area contributed by atoms with Crippen LogP contribution in [0.25, 0.3) is 0 Å². The Bertz CT molecular complexity index is 1110. The van der Waals surface area contributed by atoms with E-state index in [-0.39, 0.29) is 17.0 Å². The van der Waals surface area contributed by atoms with Gasteiger partial charge in [-0.3, -0.25) is 0 Å². The van der Waals surface area contributed by atoms with E-state index >= 15 is 0 Å². The van der Waals surface area contributed by atoms with Crippen LogP contribution < -0.4 is 5.32 Å². The van der Waals surface area contributed by atoms with Gasteiger partial charge >= 0.3 is 0 Å². The van der Waals surface area contributed by atoms with E-state index in [0.717, 1.165) is 62.2 Å². The van der Waals surface area contributed by atoms with Gasteiger partial charge in [-0.15, -0.1) is 5.10 Å². The molecule has 3 fully saturated rings. The van der Waals surface area contributed by atoms with Crippen LogP contribution in [0.15, 0.2) is 30.7 Å². The van der Waals surface area contributed by atoms with Gasteiger partial charge < -0.3 is 9.88 Å².